The van der Waals surface area contributed by atoms with Gasteiger partial charge in [-0.3, -0.25) is 0 Å². The first kappa shape index (κ1) is 21.7. The molecule has 0 heterocycles. The molecular weight excluding hydrogens is 388 g/mol. The van der Waals surface area contributed by atoms with Crippen molar-refractivity contribution < 1.29 is 19.3 Å². The van der Waals surface area contributed by atoms with Gasteiger partial charge in [0, 0.05) is 12.5 Å². The van der Waals surface area contributed by atoms with Gasteiger partial charge in [0.15, 0.2) is 0 Å². The summed E-state index contributed by atoms with van der Waals surface area (Å²) >= 11 is 0. The van der Waals surface area contributed by atoms with Crippen LogP contribution in [0.1, 0.15) is 23.1 Å². The zero-order chi connectivity index (χ0) is 21.3. The summed E-state index contributed by atoms with van der Waals surface area (Å²) in [4.78, 5) is 0. The standard InChI is InChI=1S/C27H30O4/c28-17-24-16-25(29-18-21-10-4-1-5-11-21)27(31-20-23-14-8-3-9-15-23)26(24)30-19-22-12-6-2-7-13-22/h1-15,24-28H,16-20H2/t24-,25+,26+,27-/m1/s1. The Labute approximate surface area is 184 Å². The van der Waals surface area contributed by atoms with Crippen LogP contribution in [-0.2, 0) is 34.0 Å². The minimum Gasteiger partial charge on any atom is -0.396 e. The maximum Gasteiger partial charge on any atom is 0.111 e. The molecule has 4 rings (SSSR count). The highest BCUT2D eigenvalue weighted by atomic mass is 16.6. The van der Waals surface area contributed by atoms with E-state index in [0.29, 0.717) is 26.2 Å². The highest BCUT2D eigenvalue weighted by molar-refractivity contribution is 5.15. The van der Waals surface area contributed by atoms with Crippen molar-refractivity contribution in [2.24, 2.45) is 5.92 Å². The Hall–Kier alpha value is -2.50. The summed E-state index contributed by atoms with van der Waals surface area (Å²) < 4.78 is 19.0. The van der Waals surface area contributed by atoms with E-state index in [9.17, 15) is 5.11 Å². The van der Waals surface area contributed by atoms with Crippen LogP contribution in [0.3, 0.4) is 0 Å². The fourth-order valence-corrected chi connectivity index (χ4v) is 4.13. The van der Waals surface area contributed by atoms with Crippen LogP contribution in [0.5, 0.6) is 0 Å². The van der Waals surface area contributed by atoms with Crippen molar-refractivity contribution in [2.75, 3.05) is 6.61 Å². The fraction of sp³-hybridized carbons (Fsp3) is 0.333. The Balaban J connectivity index is 1.46. The first-order valence-electron chi connectivity index (χ1n) is 10.9. The molecule has 0 aliphatic heterocycles. The van der Waals surface area contributed by atoms with E-state index < -0.39 is 0 Å². The molecule has 0 radical (unpaired) electrons. The SMILES string of the molecule is OC[C@H]1C[C@H](OCc2ccccc2)[C@@H](OCc2ccccc2)[C@H]1OCc1ccccc1. The van der Waals surface area contributed by atoms with Crippen LogP contribution in [0.15, 0.2) is 91.0 Å². The summed E-state index contributed by atoms with van der Waals surface area (Å²) in [5, 5.41) is 10.0. The first-order valence-corrected chi connectivity index (χ1v) is 10.9. The molecular formula is C27H30O4. The number of aliphatic hydroxyl groups excluding tert-OH is 1. The second-order valence-electron chi connectivity index (χ2n) is 8.04. The molecule has 3 aromatic carbocycles. The van der Waals surface area contributed by atoms with Crippen molar-refractivity contribution in [1.29, 1.82) is 0 Å². The summed E-state index contributed by atoms with van der Waals surface area (Å²) in [6, 6.07) is 30.4. The van der Waals surface area contributed by atoms with Gasteiger partial charge < -0.3 is 19.3 Å². The molecule has 0 spiro atoms. The molecule has 31 heavy (non-hydrogen) atoms. The normalized spacial score (nSPS) is 23.1. The summed E-state index contributed by atoms with van der Waals surface area (Å²) in [5.74, 6) is -0.0229. The topological polar surface area (TPSA) is 47.9 Å². The maximum atomic E-state index is 10.0. The van der Waals surface area contributed by atoms with Crippen molar-refractivity contribution in [2.45, 2.75) is 44.6 Å². The van der Waals surface area contributed by atoms with Crippen molar-refractivity contribution in [3.05, 3.63) is 108 Å². The Morgan fingerprint density at radius 2 is 1.00 bits per heavy atom. The summed E-state index contributed by atoms with van der Waals surface area (Å²) in [5.41, 5.74) is 3.34. The van der Waals surface area contributed by atoms with E-state index in [0.717, 1.165) is 16.7 Å². The lowest BCUT2D eigenvalue weighted by molar-refractivity contribution is -0.128. The van der Waals surface area contributed by atoms with Gasteiger partial charge in [0.25, 0.3) is 0 Å². The quantitative estimate of drug-likeness (QED) is 0.516. The maximum absolute atomic E-state index is 10.0. The minimum atomic E-state index is -0.246. The Kier molecular flexibility index (Phi) is 7.86. The van der Waals surface area contributed by atoms with Crippen molar-refractivity contribution in [3.63, 3.8) is 0 Å². The molecule has 1 fully saturated rings. The van der Waals surface area contributed by atoms with Gasteiger partial charge in [-0.25, -0.2) is 0 Å². The molecule has 0 unspecified atom stereocenters. The third-order valence-corrected chi connectivity index (χ3v) is 5.80. The predicted molar refractivity (Wildman–Crippen MR) is 120 cm³/mol. The van der Waals surface area contributed by atoms with Crippen molar-refractivity contribution in [3.8, 4) is 0 Å². The van der Waals surface area contributed by atoms with E-state index in [4.69, 9.17) is 14.2 Å². The zero-order valence-electron chi connectivity index (χ0n) is 17.7. The lowest BCUT2D eigenvalue weighted by Gasteiger charge is -2.27. The number of hydrogen-bond acceptors (Lipinski definition) is 4. The van der Waals surface area contributed by atoms with Gasteiger partial charge in [0.2, 0.25) is 0 Å². The molecule has 1 saturated carbocycles. The molecule has 4 heteroatoms. The molecule has 0 saturated heterocycles. The number of hydrogen-bond donors (Lipinski definition) is 1. The molecule has 4 atom stereocenters. The second-order valence-corrected chi connectivity index (χ2v) is 8.04. The minimum absolute atomic E-state index is 0.0229. The van der Waals surface area contributed by atoms with Gasteiger partial charge in [-0.05, 0) is 23.1 Å². The van der Waals surface area contributed by atoms with Crippen LogP contribution in [0, 0.1) is 5.92 Å². The van der Waals surface area contributed by atoms with Gasteiger partial charge in [-0.15, -0.1) is 0 Å². The number of ether oxygens (including phenoxy) is 3. The largest absolute Gasteiger partial charge is 0.396 e. The molecule has 0 aromatic heterocycles. The summed E-state index contributed by atoms with van der Waals surface area (Å²) in [6.45, 7) is 1.54. The molecule has 4 nitrogen and oxygen atoms in total. The lowest BCUT2D eigenvalue weighted by Crippen LogP contribution is -2.37. The van der Waals surface area contributed by atoms with E-state index in [1.54, 1.807) is 0 Å². The predicted octanol–water partition coefficient (Wildman–Crippen LogP) is 4.75. The van der Waals surface area contributed by atoms with Gasteiger partial charge >= 0.3 is 0 Å². The average Bonchev–Trinajstić information content (AvgIpc) is 3.18. The van der Waals surface area contributed by atoms with Crippen LogP contribution in [0.25, 0.3) is 0 Å². The second kappa shape index (κ2) is 11.2. The van der Waals surface area contributed by atoms with E-state index in [1.165, 1.54) is 0 Å². The molecule has 162 valence electrons. The van der Waals surface area contributed by atoms with Crippen LogP contribution in [-0.4, -0.2) is 30.0 Å². The lowest BCUT2D eigenvalue weighted by atomic mass is 10.1. The van der Waals surface area contributed by atoms with E-state index >= 15 is 0 Å². The third-order valence-electron chi connectivity index (χ3n) is 5.80. The molecule has 3 aromatic rings. The van der Waals surface area contributed by atoms with Crippen LogP contribution < -0.4 is 0 Å². The first-order chi connectivity index (χ1) is 15.3. The van der Waals surface area contributed by atoms with E-state index in [2.05, 4.69) is 24.3 Å². The van der Waals surface area contributed by atoms with Crippen LogP contribution in [0.2, 0.25) is 0 Å². The van der Waals surface area contributed by atoms with Crippen molar-refractivity contribution in [1.82, 2.24) is 0 Å². The van der Waals surface area contributed by atoms with Crippen molar-refractivity contribution >= 4 is 0 Å². The summed E-state index contributed by atoms with van der Waals surface area (Å²) in [6.07, 6.45) is 0.101. The Bertz CT molecular complexity index is 885. The average molecular weight is 419 g/mol. The van der Waals surface area contributed by atoms with Crippen LogP contribution in [0.4, 0.5) is 0 Å². The van der Waals surface area contributed by atoms with E-state index in [1.807, 2.05) is 66.7 Å². The molecule has 1 aliphatic carbocycles. The Morgan fingerprint density at radius 1 is 0.581 bits per heavy atom. The number of aliphatic hydroxyl groups is 1. The molecule has 0 bridgehead atoms. The number of benzene rings is 3. The number of rotatable bonds is 10. The van der Waals surface area contributed by atoms with Crippen LogP contribution >= 0.6 is 0 Å². The fourth-order valence-electron chi connectivity index (χ4n) is 4.13. The Morgan fingerprint density at radius 3 is 1.45 bits per heavy atom. The highest BCUT2D eigenvalue weighted by Gasteiger charge is 2.45. The van der Waals surface area contributed by atoms with Gasteiger partial charge in [-0.1, -0.05) is 91.0 Å². The van der Waals surface area contributed by atoms with Gasteiger partial charge in [-0.2, -0.15) is 0 Å². The van der Waals surface area contributed by atoms with Gasteiger partial charge in [0.05, 0.1) is 32.0 Å². The molecule has 1 N–H and O–H groups in total. The monoisotopic (exact) mass is 418 g/mol. The highest BCUT2D eigenvalue weighted by Crippen LogP contribution is 2.35. The van der Waals surface area contributed by atoms with Gasteiger partial charge in [0.1, 0.15) is 6.10 Å². The zero-order valence-corrected chi connectivity index (χ0v) is 17.7. The summed E-state index contributed by atoms with van der Waals surface area (Å²) in [7, 11) is 0. The molecule has 0 amide bonds. The smallest absolute Gasteiger partial charge is 0.111 e. The third kappa shape index (κ3) is 6.02. The molecule has 1 aliphatic rings. The van der Waals surface area contributed by atoms with E-state index in [-0.39, 0.29) is 30.8 Å².